The zero-order valence-corrected chi connectivity index (χ0v) is 11.5. The molecule has 0 unspecified atom stereocenters. The number of aromatic nitrogens is 4. The molecule has 0 aliphatic heterocycles. The van der Waals surface area contributed by atoms with Crippen LogP contribution in [-0.4, -0.2) is 19.1 Å². The first-order valence-electron chi connectivity index (χ1n) is 6.33. The molecule has 0 saturated heterocycles. The fraction of sp³-hybridized carbons (Fsp3) is 0.538. The van der Waals surface area contributed by atoms with Crippen molar-refractivity contribution in [1.82, 2.24) is 19.1 Å². The van der Waals surface area contributed by atoms with Crippen molar-refractivity contribution in [1.29, 1.82) is 0 Å². The van der Waals surface area contributed by atoms with Gasteiger partial charge in [-0.3, -0.25) is 0 Å². The molecule has 18 heavy (non-hydrogen) atoms. The Kier molecular flexibility index (Phi) is 3.41. The Morgan fingerprint density at radius 2 is 1.94 bits per heavy atom. The molecule has 0 aromatic carbocycles. The molecular weight excluding hydrogens is 226 g/mol. The minimum absolute atomic E-state index is 0.345. The molecule has 0 saturated carbocycles. The number of nitrogens with two attached hydrogens (primary N) is 1. The maximum atomic E-state index is 6.17. The van der Waals surface area contributed by atoms with E-state index in [1.165, 1.54) is 0 Å². The highest BCUT2D eigenvalue weighted by atomic mass is 15.1. The van der Waals surface area contributed by atoms with E-state index >= 15 is 0 Å². The highest BCUT2D eigenvalue weighted by Crippen LogP contribution is 2.26. The number of nitrogens with zero attached hydrogens (tertiary/aromatic N) is 4. The molecule has 98 valence electrons. The smallest absolute Gasteiger partial charge is 0.133 e. The molecule has 2 N–H and O–H groups in total. The summed E-state index contributed by atoms with van der Waals surface area (Å²) in [7, 11) is 0. The van der Waals surface area contributed by atoms with Crippen LogP contribution in [0.3, 0.4) is 0 Å². The lowest BCUT2D eigenvalue weighted by Crippen LogP contribution is -2.08. The Hall–Kier alpha value is -1.78. The first kappa shape index (κ1) is 12.7. The molecule has 0 aliphatic carbocycles. The van der Waals surface area contributed by atoms with E-state index in [0.717, 1.165) is 17.9 Å². The Morgan fingerprint density at radius 3 is 2.56 bits per heavy atom. The van der Waals surface area contributed by atoms with Crippen molar-refractivity contribution in [3.05, 3.63) is 18.9 Å². The average Bonchev–Trinajstić information content (AvgIpc) is 2.86. The van der Waals surface area contributed by atoms with Gasteiger partial charge in [0, 0.05) is 12.6 Å². The van der Waals surface area contributed by atoms with Crippen molar-refractivity contribution in [2.24, 2.45) is 5.92 Å². The van der Waals surface area contributed by atoms with Crippen molar-refractivity contribution in [2.75, 3.05) is 5.73 Å². The largest absolute Gasteiger partial charge is 0.383 e. The van der Waals surface area contributed by atoms with Crippen LogP contribution < -0.4 is 5.73 Å². The number of rotatable bonds is 4. The van der Waals surface area contributed by atoms with Crippen LogP contribution in [0.1, 0.15) is 33.7 Å². The minimum atomic E-state index is 0.345. The third-order valence-electron chi connectivity index (χ3n) is 2.91. The van der Waals surface area contributed by atoms with E-state index < -0.39 is 0 Å². The zero-order valence-electron chi connectivity index (χ0n) is 11.5. The van der Waals surface area contributed by atoms with Gasteiger partial charge in [-0.15, -0.1) is 0 Å². The predicted molar refractivity (Wildman–Crippen MR) is 73.1 cm³/mol. The van der Waals surface area contributed by atoms with Crippen molar-refractivity contribution in [2.45, 2.75) is 40.3 Å². The summed E-state index contributed by atoms with van der Waals surface area (Å²) in [6.07, 6.45) is 5.45. The van der Waals surface area contributed by atoms with Crippen molar-refractivity contribution >= 4 is 5.82 Å². The van der Waals surface area contributed by atoms with Gasteiger partial charge in [0.05, 0.1) is 24.5 Å². The third-order valence-corrected chi connectivity index (χ3v) is 2.91. The summed E-state index contributed by atoms with van der Waals surface area (Å²) in [6, 6.07) is 0.345. The van der Waals surface area contributed by atoms with E-state index in [1.54, 1.807) is 0 Å². The molecule has 2 aromatic rings. The standard InChI is InChI=1S/C13H21N5/c1-9(2)6-17-8-16-12(13(17)14)11-5-15-7-18(11)10(3)4/h5,7-10H,6,14H2,1-4H3. The highest BCUT2D eigenvalue weighted by molar-refractivity contribution is 5.67. The van der Waals surface area contributed by atoms with Gasteiger partial charge in [-0.2, -0.15) is 0 Å². The van der Waals surface area contributed by atoms with Gasteiger partial charge < -0.3 is 14.9 Å². The van der Waals surface area contributed by atoms with Gasteiger partial charge >= 0.3 is 0 Å². The molecule has 0 spiro atoms. The molecule has 0 bridgehead atoms. The van der Waals surface area contributed by atoms with Gasteiger partial charge in [0.15, 0.2) is 0 Å². The summed E-state index contributed by atoms with van der Waals surface area (Å²) in [5.41, 5.74) is 7.97. The van der Waals surface area contributed by atoms with Crippen molar-refractivity contribution in [3.63, 3.8) is 0 Å². The third kappa shape index (κ3) is 2.25. The van der Waals surface area contributed by atoms with Gasteiger partial charge in [-0.1, -0.05) is 13.8 Å². The summed E-state index contributed by atoms with van der Waals surface area (Å²) >= 11 is 0. The lowest BCUT2D eigenvalue weighted by Gasteiger charge is -2.11. The van der Waals surface area contributed by atoms with Gasteiger partial charge in [0.2, 0.25) is 0 Å². The van der Waals surface area contributed by atoms with Crippen LogP contribution in [-0.2, 0) is 6.54 Å². The van der Waals surface area contributed by atoms with Crippen LogP contribution in [0.5, 0.6) is 0 Å². The number of hydrogen-bond donors (Lipinski definition) is 1. The van der Waals surface area contributed by atoms with Gasteiger partial charge in [-0.25, -0.2) is 9.97 Å². The second-order valence-electron chi connectivity index (χ2n) is 5.30. The van der Waals surface area contributed by atoms with E-state index in [1.807, 2.05) is 23.4 Å². The molecule has 5 nitrogen and oxygen atoms in total. The van der Waals surface area contributed by atoms with E-state index in [9.17, 15) is 0 Å². The highest BCUT2D eigenvalue weighted by Gasteiger charge is 2.15. The van der Waals surface area contributed by atoms with Crippen LogP contribution in [0.2, 0.25) is 0 Å². The van der Waals surface area contributed by atoms with Crippen molar-refractivity contribution < 1.29 is 0 Å². The van der Waals surface area contributed by atoms with E-state index in [-0.39, 0.29) is 0 Å². The predicted octanol–water partition coefficient (Wildman–Crippen LogP) is 2.57. The molecule has 0 atom stereocenters. The molecule has 0 radical (unpaired) electrons. The monoisotopic (exact) mass is 247 g/mol. The zero-order chi connectivity index (χ0) is 13.3. The summed E-state index contributed by atoms with van der Waals surface area (Å²) < 4.78 is 4.08. The molecule has 2 heterocycles. The first-order valence-corrected chi connectivity index (χ1v) is 6.33. The summed E-state index contributed by atoms with van der Waals surface area (Å²) in [5, 5.41) is 0. The number of hydrogen-bond acceptors (Lipinski definition) is 3. The Morgan fingerprint density at radius 1 is 1.22 bits per heavy atom. The lowest BCUT2D eigenvalue weighted by molar-refractivity contribution is 0.527. The number of anilines is 1. The normalized spacial score (nSPS) is 11.7. The maximum Gasteiger partial charge on any atom is 0.133 e. The van der Waals surface area contributed by atoms with Gasteiger partial charge in [0.1, 0.15) is 11.5 Å². The quantitative estimate of drug-likeness (QED) is 0.903. The molecule has 0 aliphatic rings. The molecular formula is C13H21N5. The SMILES string of the molecule is CC(C)Cn1cnc(-c2cncn2C(C)C)c1N. The summed E-state index contributed by atoms with van der Waals surface area (Å²) in [4.78, 5) is 8.62. The fourth-order valence-corrected chi connectivity index (χ4v) is 2.03. The Bertz CT molecular complexity index is 521. The van der Waals surface area contributed by atoms with Crippen LogP contribution in [0, 0.1) is 5.92 Å². The lowest BCUT2D eigenvalue weighted by atomic mass is 10.2. The molecule has 2 aromatic heterocycles. The second-order valence-corrected chi connectivity index (χ2v) is 5.30. The maximum absolute atomic E-state index is 6.17. The van der Waals surface area contributed by atoms with Gasteiger partial charge in [-0.05, 0) is 19.8 Å². The average molecular weight is 247 g/mol. The van der Waals surface area contributed by atoms with Crippen molar-refractivity contribution in [3.8, 4) is 11.4 Å². The topological polar surface area (TPSA) is 61.7 Å². The van der Waals surface area contributed by atoms with E-state index in [0.29, 0.717) is 17.8 Å². The molecule has 5 heteroatoms. The number of imidazole rings is 2. The van der Waals surface area contributed by atoms with Crippen LogP contribution in [0.25, 0.3) is 11.4 Å². The second kappa shape index (κ2) is 4.84. The van der Waals surface area contributed by atoms with E-state index in [4.69, 9.17) is 5.73 Å². The fourth-order valence-electron chi connectivity index (χ4n) is 2.03. The first-order chi connectivity index (χ1) is 8.50. The Labute approximate surface area is 108 Å². The number of nitrogen functional groups attached to an aromatic ring is 1. The van der Waals surface area contributed by atoms with E-state index in [2.05, 4.69) is 42.2 Å². The van der Waals surface area contributed by atoms with Crippen LogP contribution >= 0.6 is 0 Å². The van der Waals surface area contributed by atoms with Crippen LogP contribution in [0.15, 0.2) is 18.9 Å². The minimum Gasteiger partial charge on any atom is -0.383 e. The molecule has 2 rings (SSSR count). The van der Waals surface area contributed by atoms with Crippen LogP contribution in [0.4, 0.5) is 5.82 Å². The summed E-state index contributed by atoms with van der Waals surface area (Å²) in [6.45, 7) is 9.45. The molecule has 0 amide bonds. The van der Waals surface area contributed by atoms with Gasteiger partial charge in [0.25, 0.3) is 0 Å². The Balaban J connectivity index is 2.39. The molecule has 0 fully saturated rings. The summed E-state index contributed by atoms with van der Waals surface area (Å²) in [5.74, 6) is 1.26.